The van der Waals surface area contributed by atoms with Gasteiger partial charge in [-0.25, -0.2) is 0 Å². The zero-order valence-electron chi connectivity index (χ0n) is 10.7. The Balaban J connectivity index is 1.88. The Morgan fingerprint density at radius 1 is 1.47 bits per heavy atom. The van der Waals surface area contributed by atoms with E-state index in [4.69, 9.17) is 5.26 Å². The Bertz CT molecular complexity index is 478. The van der Waals surface area contributed by atoms with Gasteiger partial charge in [-0.3, -0.25) is 9.69 Å². The molecule has 1 saturated heterocycles. The van der Waals surface area contributed by atoms with E-state index in [1.807, 2.05) is 11.0 Å². The molecule has 0 bridgehead atoms. The van der Waals surface area contributed by atoms with Crippen LogP contribution in [0.1, 0.15) is 18.4 Å². The van der Waals surface area contributed by atoms with Gasteiger partial charge in [-0.1, -0.05) is 0 Å². The molecule has 0 radical (unpaired) electrons. The molecule has 1 aromatic rings. The van der Waals surface area contributed by atoms with Crippen LogP contribution in [0, 0.1) is 11.3 Å². The molecule has 1 aliphatic heterocycles. The Labute approximate surface area is 112 Å². The van der Waals surface area contributed by atoms with E-state index >= 15 is 0 Å². The average Bonchev–Trinajstić information content (AvgIpc) is 2.86. The van der Waals surface area contributed by atoms with Crippen LogP contribution < -0.4 is 5.32 Å². The number of aliphatic hydroxyl groups excluding tert-OH is 1. The fourth-order valence-electron chi connectivity index (χ4n) is 2.32. The maximum absolute atomic E-state index is 11.9. The number of nitrogens with one attached hydrogen (secondary N) is 1. The second kappa shape index (κ2) is 6.32. The Hall–Kier alpha value is -1.90. The van der Waals surface area contributed by atoms with Crippen molar-refractivity contribution in [2.24, 2.45) is 0 Å². The van der Waals surface area contributed by atoms with E-state index in [2.05, 4.69) is 5.32 Å². The first-order valence-corrected chi connectivity index (χ1v) is 6.38. The third-order valence-corrected chi connectivity index (χ3v) is 3.35. The predicted molar refractivity (Wildman–Crippen MR) is 71.5 cm³/mol. The summed E-state index contributed by atoms with van der Waals surface area (Å²) >= 11 is 0. The van der Waals surface area contributed by atoms with Crippen molar-refractivity contribution in [3.05, 3.63) is 29.8 Å². The topological polar surface area (TPSA) is 76.4 Å². The summed E-state index contributed by atoms with van der Waals surface area (Å²) in [5.41, 5.74) is 1.25. The molecular weight excluding hydrogens is 242 g/mol. The van der Waals surface area contributed by atoms with Crippen LogP contribution in [0.3, 0.4) is 0 Å². The Kier molecular flexibility index (Phi) is 4.50. The number of likely N-dealkylation sites (tertiary alicyclic amines) is 1. The minimum atomic E-state index is -0.0925. The molecule has 0 unspecified atom stereocenters. The van der Waals surface area contributed by atoms with E-state index in [1.165, 1.54) is 0 Å². The van der Waals surface area contributed by atoms with Gasteiger partial charge in [-0.05, 0) is 43.7 Å². The minimum absolute atomic E-state index is 0.0925. The Morgan fingerprint density at radius 2 is 2.21 bits per heavy atom. The lowest BCUT2D eigenvalue weighted by molar-refractivity contribution is -0.117. The van der Waals surface area contributed by atoms with Crippen LogP contribution >= 0.6 is 0 Å². The van der Waals surface area contributed by atoms with Gasteiger partial charge in [0.1, 0.15) is 0 Å². The van der Waals surface area contributed by atoms with Crippen molar-refractivity contribution in [2.45, 2.75) is 18.9 Å². The highest BCUT2D eigenvalue weighted by molar-refractivity contribution is 5.92. The molecule has 1 heterocycles. The van der Waals surface area contributed by atoms with Gasteiger partial charge in [0.25, 0.3) is 0 Å². The maximum Gasteiger partial charge on any atom is 0.238 e. The summed E-state index contributed by atoms with van der Waals surface area (Å²) in [6, 6.07) is 8.90. The highest BCUT2D eigenvalue weighted by Crippen LogP contribution is 2.16. The number of carbonyl (C=O) groups excluding carboxylic acids is 1. The van der Waals surface area contributed by atoms with Gasteiger partial charge >= 0.3 is 0 Å². The van der Waals surface area contributed by atoms with Gasteiger partial charge in [0.15, 0.2) is 0 Å². The van der Waals surface area contributed by atoms with Gasteiger partial charge in [-0.2, -0.15) is 5.26 Å². The molecule has 19 heavy (non-hydrogen) atoms. The fraction of sp³-hybridized carbons (Fsp3) is 0.429. The SMILES string of the molecule is N#Cc1ccc(NC(=O)CN2CCC[C@@H]2CO)cc1. The molecular formula is C14H17N3O2. The van der Waals surface area contributed by atoms with Crippen LogP contribution in [-0.2, 0) is 4.79 Å². The molecule has 2 rings (SSSR count). The van der Waals surface area contributed by atoms with Gasteiger partial charge in [0.05, 0.1) is 24.8 Å². The second-order valence-electron chi connectivity index (χ2n) is 4.69. The van der Waals surface area contributed by atoms with Crippen molar-refractivity contribution < 1.29 is 9.90 Å². The van der Waals surface area contributed by atoms with E-state index in [-0.39, 0.29) is 18.6 Å². The summed E-state index contributed by atoms with van der Waals surface area (Å²) in [4.78, 5) is 13.9. The first kappa shape index (κ1) is 13.5. The monoisotopic (exact) mass is 259 g/mol. The van der Waals surface area contributed by atoms with Gasteiger partial charge in [-0.15, -0.1) is 0 Å². The molecule has 1 aliphatic rings. The van der Waals surface area contributed by atoms with E-state index in [9.17, 15) is 9.90 Å². The number of hydrogen-bond acceptors (Lipinski definition) is 4. The fourth-order valence-corrected chi connectivity index (χ4v) is 2.32. The molecule has 1 atom stereocenters. The first-order chi connectivity index (χ1) is 9.22. The molecule has 2 N–H and O–H groups in total. The smallest absolute Gasteiger partial charge is 0.238 e. The zero-order chi connectivity index (χ0) is 13.7. The first-order valence-electron chi connectivity index (χ1n) is 6.38. The van der Waals surface area contributed by atoms with Crippen molar-refractivity contribution >= 4 is 11.6 Å². The molecule has 100 valence electrons. The molecule has 1 aromatic carbocycles. The molecule has 0 aromatic heterocycles. The summed E-state index contributed by atoms with van der Waals surface area (Å²) in [5.74, 6) is -0.0925. The van der Waals surface area contributed by atoms with Crippen molar-refractivity contribution in [3.8, 4) is 6.07 Å². The lowest BCUT2D eigenvalue weighted by atomic mass is 10.2. The quantitative estimate of drug-likeness (QED) is 0.844. The number of aliphatic hydroxyl groups is 1. The highest BCUT2D eigenvalue weighted by atomic mass is 16.3. The zero-order valence-corrected chi connectivity index (χ0v) is 10.7. The molecule has 5 heteroatoms. The number of amides is 1. The summed E-state index contributed by atoms with van der Waals surface area (Å²) < 4.78 is 0. The minimum Gasteiger partial charge on any atom is -0.395 e. The number of hydrogen-bond donors (Lipinski definition) is 2. The standard InChI is InChI=1S/C14H17N3O2/c15-8-11-3-5-12(6-4-11)16-14(19)9-17-7-1-2-13(17)10-18/h3-6,13,18H,1-2,7,9-10H2,(H,16,19)/t13-/m1/s1. The van der Waals surface area contributed by atoms with Crippen LogP contribution in [-0.4, -0.2) is 41.7 Å². The summed E-state index contributed by atoms with van der Waals surface area (Å²) in [6.45, 7) is 1.25. The lowest BCUT2D eigenvalue weighted by Gasteiger charge is -2.21. The molecule has 0 spiro atoms. The molecule has 5 nitrogen and oxygen atoms in total. The van der Waals surface area contributed by atoms with Crippen LogP contribution in [0.4, 0.5) is 5.69 Å². The third-order valence-electron chi connectivity index (χ3n) is 3.35. The number of benzene rings is 1. The number of carbonyl (C=O) groups is 1. The maximum atomic E-state index is 11.9. The second-order valence-corrected chi connectivity index (χ2v) is 4.69. The number of nitriles is 1. The number of anilines is 1. The number of nitrogens with zero attached hydrogens (tertiary/aromatic N) is 2. The van der Waals surface area contributed by atoms with E-state index in [0.29, 0.717) is 17.8 Å². The van der Waals surface area contributed by atoms with Gasteiger partial charge < -0.3 is 10.4 Å². The van der Waals surface area contributed by atoms with E-state index < -0.39 is 0 Å². The largest absolute Gasteiger partial charge is 0.395 e. The summed E-state index contributed by atoms with van der Waals surface area (Å²) in [5, 5.41) is 20.7. The normalized spacial score (nSPS) is 19.1. The van der Waals surface area contributed by atoms with Crippen LogP contribution in [0.2, 0.25) is 0 Å². The van der Waals surface area contributed by atoms with Crippen molar-refractivity contribution in [1.29, 1.82) is 5.26 Å². The van der Waals surface area contributed by atoms with E-state index in [0.717, 1.165) is 19.4 Å². The van der Waals surface area contributed by atoms with Crippen LogP contribution in [0.25, 0.3) is 0 Å². The molecule has 0 saturated carbocycles. The van der Waals surface area contributed by atoms with Gasteiger partial charge in [0.2, 0.25) is 5.91 Å². The average molecular weight is 259 g/mol. The number of rotatable bonds is 4. The molecule has 1 amide bonds. The van der Waals surface area contributed by atoms with Crippen molar-refractivity contribution in [2.75, 3.05) is 25.0 Å². The van der Waals surface area contributed by atoms with E-state index in [1.54, 1.807) is 24.3 Å². The highest BCUT2D eigenvalue weighted by Gasteiger charge is 2.25. The van der Waals surface area contributed by atoms with Crippen LogP contribution in [0.15, 0.2) is 24.3 Å². The lowest BCUT2D eigenvalue weighted by Crippen LogP contribution is -2.38. The Morgan fingerprint density at radius 3 is 2.84 bits per heavy atom. The summed E-state index contributed by atoms with van der Waals surface area (Å²) in [6.07, 6.45) is 1.97. The summed E-state index contributed by atoms with van der Waals surface area (Å²) in [7, 11) is 0. The predicted octanol–water partition coefficient (Wildman–Crippen LogP) is 0.953. The molecule has 0 aliphatic carbocycles. The molecule has 1 fully saturated rings. The third kappa shape index (κ3) is 3.53. The van der Waals surface area contributed by atoms with Crippen LogP contribution in [0.5, 0.6) is 0 Å². The van der Waals surface area contributed by atoms with Crippen molar-refractivity contribution in [1.82, 2.24) is 4.90 Å². The van der Waals surface area contributed by atoms with Crippen molar-refractivity contribution in [3.63, 3.8) is 0 Å². The van der Waals surface area contributed by atoms with Gasteiger partial charge in [0, 0.05) is 11.7 Å².